The van der Waals surface area contributed by atoms with Crippen molar-refractivity contribution in [2.75, 3.05) is 18.5 Å². The van der Waals surface area contributed by atoms with Crippen LogP contribution in [0, 0.1) is 0 Å². The van der Waals surface area contributed by atoms with Crippen molar-refractivity contribution >= 4 is 17.4 Å². The molecule has 16 heavy (non-hydrogen) atoms. The lowest BCUT2D eigenvalue weighted by Crippen LogP contribution is -2.08. The van der Waals surface area contributed by atoms with Crippen LogP contribution in [-0.4, -0.2) is 28.2 Å². The monoisotopic (exact) mass is 243 g/mol. The summed E-state index contributed by atoms with van der Waals surface area (Å²) in [7, 11) is 0. The van der Waals surface area contributed by atoms with Crippen molar-refractivity contribution in [1.29, 1.82) is 0 Å². The molecule has 1 aromatic rings. The summed E-state index contributed by atoms with van der Waals surface area (Å²) >= 11 is 6.03. The van der Waals surface area contributed by atoms with Gasteiger partial charge in [-0.2, -0.15) is 0 Å². The Hall–Kier alpha value is -0.870. The molecule has 0 aliphatic rings. The van der Waals surface area contributed by atoms with Crippen LogP contribution in [0.1, 0.15) is 38.2 Å². The van der Waals surface area contributed by atoms with E-state index >= 15 is 0 Å². The third-order valence-corrected chi connectivity index (χ3v) is 2.59. The van der Waals surface area contributed by atoms with Gasteiger partial charge in [0.15, 0.2) is 0 Å². The second-order valence-electron chi connectivity index (χ2n) is 3.94. The predicted molar refractivity (Wildman–Crippen MR) is 65.9 cm³/mol. The Balaban J connectivity index is 2.67. The Kier molecular flexibility index (Phi) is 5.49. The van der Waals surface area contributed by atoms with Gasteiger partial charge in [-0.3, -0.25) is 0 Å². The minimum Gasteiger partial charge on any atom is -0.396 e. The molecule has 0 aromatic carbocycles. The van der Waals surface area contributed by atoms with Crippen LogP contribution in [0.15, 0.2) is 6.33 Å². The Morgan fingerprint density at radius 1 is 1.38 bits per heavy atom. The van der Waals surface area contributed by atoms with Gasteiger partial charge >= 0.3 is 0 Å². The fourth-order valence-electron chi connectivity index (χ4n) is 1.47. The molecule has 0 atom stereocenters. The topological polar surface area (TPSA) is 58.0 Å². The number of rotatable bonds is 6. The third kappa shape index (κ3) is 3.61. The highest BCUT2D eigenvalue weighted by molar-refractivity contribution is 6.30. The fraction of sp³-hybridized carbons (Fsp3) is 0.636. The zero-order valence-electron chi connectivity index (χ0n) is 9.70. The van der Waals surface area contributed by atoms with Crippen molar-refractivity contribution in [1.82, 2.24) is 9.97 Å². The lowest BCUT2D eigenvalue weighted by Gasteiger charge is -2.13. The summed E-state index contributed by atoms with van der Waals surface area (Å²) in [5, 5.41) is 12.4. The van der Waals surface area contributed by atoms with Gasteiger partial charge in [-0.15, -0.1) is 0 Å². The third-order valence-electron chi connectivity index (χ3n) is 2.29. The molecule has 0 unspecified atom stereocenters. The van der Waals surface area contributed by atoms with Gasteiger partial charge in [0.25, 0.3) is 0 Å². The Bertz CT molecular complexity index is 331. The van der Waals surface area contributed by atoms with Crippen LogP contribution in [0.25, 0.3) is 0 Å². The van der Waals surface area contributed by atoms with Gasteiger partial charge in [0.05, 0.1) is 0 Å². The van der Waals surface area contributed by atoms with E-state index in [0.29, 0.717) is 5.15 Å². The zero-order chi connectivity index (χ0) is 12.0. The van der Waals surface area contributed by atoms with Crippen LogP contribution >= 0.6 is 11.6 Å². The molecule has 0 aliphatic heterocycles. The van der Waals surface area contributed by atoms with Crippen LogP contribution in [0.4, 0.5) is 5.82 Å². The maximum Gasteiger partial charge on any atom is 0.138 e. The Labute approximate surface area is 101 Å². The minimum atomic E-state index is 0.225. The fourth-order valence-corrected chi connectivity index (χ4v) is 1.82. The van der Waals surface area contributed by atoms with Gasteiger partial charge in [-0.05, 0) is 18.8 Å². The van der Waals surface area contributed by atoms with Gasteiger partial charge in [-0.1, -0.05) is 25.4 Å². The van der Waals surface area contributed by atoms with Crippen molar-refractivity contribution in [2.24, 2.45) is 0 Å². The van der Waals surface area contributed by atoms with E-state index in [-0.39, 0.29) is 12.5 Å². The van der Waals surface area contributed by atoms with Gasteiger partial charge in [0, 0.05) is 18.7 Å². The second kappa shape index (κ2) is 6.66. The molecule has 90 valence electrons. The Morgan fingerprint density at radius 2 is 2.12 bits per heavy atom. The molecular formula is C11H18ClN3O. The average molecular weight is 244 g/mol. The number of hydrogen-bond donors (Lipinski definition) is 2. The first-order valence-corrected chi connectivity index (χ1v) is 5.89. The summed E-state index contributed by atoms with van der Waals surface area (Å²) in [6, 6.07) is 0. The van der Waals surface area contributed by atoms with E-state index in [1.54, 1.807) is 0 Å². The number of aromatic nitrogens is 2. The zero-order valence-corrected chi connectivity index (χ0v) is 10.5. The van der Waals surface area contributed by atoms with Crippen molar-refractivity contribution in [3.8, 4) is 0 Å². The molecule has 0 radical (unpaired) electrons. The largest absolute Gasteiger partial charge is 0.396 e. The molecule has 5 heteroatoms. The summed E-state index contributed by atoms with van der Waals surface area (Å²) in [6.07, 6.45) is 3.17. The van der Waals surface area contributed by atoms with E-state index in [4.69, 9.17) is 16.7 Å². The summed E-state index contributed by atoms with van der Waals surface area (Å²) in [5.41, 5.74) is 0.952. The highest BCUT2D eigenvalue weighted by atomic mass is 35.5. The van der Waals surface area contributed by atoms with Crippen LogP contribution in [0.5, 0.6) is 0 Å². The van der Waals surface area contributed by atoms with Gasteiger partial charge in [0.2, 0.25) is 0 Å². The maximum atomic E-state index is 8.68. The molecule has 4 nitrogen and oxygen atoms in total. The number of unbranched alkanes of at least 4 members (excludes halogenated alkanes) is 1. The smallest absolute Gasteiger partial charge is 0.138 e. The minimum absolute atomic E-state index is 0.225. The quantitative estimate of drug-likeness (QED) is 0.595. The summed E-state index contributed by atoms with van der Waals surface area (Å²) < 4.78 is 0. The maximum absolute atomic E-state index is 8.68. The number of hydrogen-bond acceptors (Lipinski definition) is 4. The molecule has 0 aliphatic carbocycles. The molecule has 1 heterocycles. The van der Waals surface area contributed by atoms with Gasteiger partial charge in [0.1, 0.15) is 17.3 Å². The van der Waals surface area contributed by atoms with Crippen molar-refractivity contribution in [3.05, 3.63) is 17.0 Å². The van der Waals surface area contributed by atoms with E-state index < -0.39 is 0 Å². The van der Waals surface area contributed by atoms with Crippen molar-refractivity contribution in [2.45, 2.75) is 32.6 Å². The van der Waals surface area contributed by atoms with Crippen LogP contribution in [0.2, 0.25) is 5.15 Å². The number of aliphatic hydroxyl groups excluding tert-OH is 1. The van der Waals surface area contributed by atoms with Crippen molar-refractivity contribution < 1.29 is 5.11 Å². The lowest BCUT2D eigenvalue weighted by molar-refractivity contribution is 0.286. The van der Waals surface area contributed by atoms with E-state index in [0.717, 1.165) is 30.8 Å². The number of anilines is 1. The van der Waals surface area contributed by atoms with Crippen LogP contribution in [0.3, 0.4) is 0 Å². The first-order valence-electron chi connectivity index (χ1n) is 5.52. The molecule has 1 rings (SSSR count). The molecule has 0 amide bonds. The average Bonchev–Trinajstić information content (AvgIpc) is 2.24. The van der Waals surface area contributed by atoms with Crippen LogP contribution in [-0.2, 0) is 0 Å². The predicted octanol–water partition coefficient (Wildman–Crippen LogP) is 2.44. The van der Waals surface area contributed by atoms with Crippen molar-refractivity contribution in [3.63, 3.8) is 0 Å². The highest BCUT2D eigenvalue weighted by Crippen LogP contribution is 2.27. The first kappa shape index (κ1) is 13.2. The van der Waals surface area contributed by atoms with Gasteiger partial charge < -0.3 is 10.4 Å². The standard InChI is InChI=1S/C11H18ClN3O/c1-8(2)9-10(12)14-7-15-11(9)13-5-3-4-6-16/h7-8,16H,3-6H2,1-2H3,(H,13,14,15). The van der Waals surface area contributed by atoms with E-state index in [1.807, 2.05) is 0 Å². The number of nitrogens with one attached hydrogen (secondary N) is 1. The molecule has 0 saturated carbocycles. The highest BCUT2D eigenvalue weighted by Gasteiger charge is 2.12. The first-order chi connectivity index (χ1) is 7.66. The molecule has 1 aromatic heterocycles. The lowest BCUT2D eigenvalue weighted by atomic mass is 10.1. The number of aliphatic hydroxyl groups is 1. The second-order valence-corrected chi connectivity index (χ2v) is 4.30. The number of nitrogens with zero attached hydrogens (tertiary/aromatic N) is 2. The SMILES string of the molecule is CC(C)c1c(Cl)ncnc1NCCCCO. The normalized spacial score (nSPS) is 10.8. The van der Waals surface area contributed by atoms with Gasteiger partial charge in [-0.25, -0.2) is 9.97 Å². The van der Waals surface area contributed by atoms with E-state index in [9.17, 15) is 0 Å². The molecular weight excluding hydrogens is 226 g/mol. The molecule has 0 saturated heterocycles. The summed E-state index contributed by atoms with van der Waals surface area (Å²) in [6.45, 7) is 5.13. The summed E-state index contributed by atoms with van der Waals surface area (Å²) in [4.78, 5) is 8.17. The molecule has 0 bridgehead atoms. The number of halogens is 1. The van der Waals surface area contributed by atoms with E-state index in [2.05, 4.69) is 29.1 Å². The Morgan fingerprint density at radius 3 is 2.75 bits per heavy atom. The molecule has 2 N–H and O–H groups in total. The summed E-state index contributed by atoms with van der Waals surface area (Å²) in [5.74, 6) is 1.09. The molecule has 0 spiro atoms. The van der Waals surface area contributed by atoms with E-state index in [1.165, 1.54) is 6.33 Å². The van der Waals surface area contributed by atoms with Crippen LogP contribution < -0.4 is 5.32 Å². The molecule has 0 fully saturated rings.